The third-order valence-electron chi connectivity index (χ3n) is 5.28. The fourth-order valence-electron chi connectivity index (χ4n) is 4.11. The number of likely N-dealkylation sites (tertiary alicyclic amines) is 2. The number of rotatable bonds is 6. The van der Waals surface area contributed by atoms with Crippen molar-refractivity contribution in [1.82, 2.24) is 19.5 Å². The minimum absolute atomic E-state index is 0.0127. The van der Waals surface area contributed by atoms with Crippen molar-refractivity contribution in [2.45, 2.75) is 44.2 Å². The second kappa shape index (κ2) is 7.93. The van der Waals surface area contributed by atoms with E-state index >= 15 is 0 Å². The molecule has 0 radical (unpaired) electrons. The van der Waals surface area contributed by atoms with E-state index in [1.807, 2.05) is 18.2 Å². The van der Waals surface area contributed by atoms with Gasteiger partial charge in [-0.2, -0.15) is 0 Å². The molecule has 1 aromatic heterocycles. The summed E-state index contributed by atoms with van der Waals surface area (Å²) in [7, 11) is -3.33. The lowest BCUT2D eigenvalue weighted by molar-refractivity contribution is -0.155. The van der Waals surface area contributed by atoms with Gasteiger partial charge in [0.2, 0.25) is 21.8 Å². The third-order valence-corrected chi connectivity index (χ3v) is 6.00. The second-order valence-corrected chi connectivity index (χ2v) is 9.08. The normalized spacial score (nSPS) is 23.2. The van der Waals surface area contributed by atoms with Gasteiger partial charge in [-0.15, -0.1) is 0 Å². The van der Waals surface area contributed by atoms with Gasteiger partial charge >= 0.3 is 0 Å². The van der Waals surface area contributed by atoms with Crippen molar-refractivity contribution in [3.63, 3.8) is 0 Å². The van der Waals surface area contributed by atoms with Crippen molar-refractivity contribution in [2.75, 3.05) is 25.9 Å². The third kappa shape index (κ3) is 4.47. The summed E-state index contributed by atoms with van der Waals surface area (Å²) < 4.78 is 24.7. The summed E-state index contributed by atoms with van der Waals surface area (Å²) in [5, 5.41) is 0. The number of hydrogen-bond acceptors (Lipinski definition) is 5. The molecule has 3 rings (SSSR count). The molecule has 9 heteroatoms. The van der Waals surface area contributed by atoms with Crippen molar-refractivity contribution in [1.29, 1.82) is 0 Å². The molecule has 1 atom stereocenters. The number of pyridine rings is 1. The molecule has 1 N–H and O–H groups in total. The Morgan fingerprint density at radius 1 is 1.26 bits per heavy atom. The maximum atomic E-state index is 13.3. The number of piperidine rings is 1. The highest BCUT2D eigenvalue weighted by Gasteiger charge is 2.52. The maximum absolute atomic E-state index is 13.3. The second-order valence-electron chi connectivity index (χ2n) is 7.25. The molecule has 0 aliphatic carbocycles. The van der Waals surface area contributed by atoms with E-state index in [2.05, 4.69) is 9.71 Å². The predicted molar refractivity (Wildman–Crippen MR) is 100 cm³/mol. The van der Waals surface area contributed by atoms with Gasteiger partial charge in [-0.25, -0.2) is 13.1 Å². The van der Waals surface area contributed by atoms with Crippen LogP contribution < -0.4 is 4.72 Å². The van der Waals surface area contributed by atoms with Crippen LogP contribution in [0.15, 0.2) is 24.4 Å². The van der Waals surface area contributed by atoms with Gasteiger partial charge in [0.1, 0.15) is 5.54 Å². The minimum atomic E-state index is -3.33. The molecule has 2 fully saturated rings. The molecule has 0 aromatic carbocycles. The van der Waals surface area contributed by atoms with Gasteiger partial charge in [0.05, 0.1) is 18.5 Å². The molecule has 0 bridgehead atoms. The number of amides is 2. The first-order valence-corrected chi connectivity index (χ1v) is 11.2. The molecule has 2 aliphatic heterocycles. The van der Waals surface area contributed by atoms with E-state index in [4.69, 9.17) is 0 Å². The Hall–Kier alpha value is -2.00. The molecule has 2 saturated heterocycles. The Kier molecular flexibility index (Phi) is 5.81. The van der Waals surface area contributed by atoms with Crippen LogP contribution in [0.25, 0.3) is 0 Å². The first-order chi connectivity index (χ1) is 12.8. The van der Waals surface area contributed by atoms with Crippen LogP contribution in [0.4, 0.5) is 0 Å². The summed E-state index contributed by atoms with van der Waals surface area (Å²) in [5.74, 6) is -0.182. The van der Waals surface area contributed by atoms with Gasteiger partial charge in [-0.3, -0.25) is 14.6 Å². The Balaban J connectivity index is 1.70. The van der Waals surface area contributed by atoms with E-state index in [-0.39, 0.29) is 24.8 Å². The van der Waals surface area contributed by atoms with Gasteiger partial charge in [0.25, 0.3) is 0 Å². The lowest BCUT2D eigenvalue weighted by Gasteiger charge is -2.44. The quantitative estimate of drug-likeness (QED) is 0.758. The molecule has 1 unspecified atom stereocenters. The Morgan fingerprint density at radius 2 is 2.00 bits per heavy atom. The summed E-state index contributed by atoms with van der Waals surface area (Å²) in [4.78, 5) is 33.8. The molecule has 2 amide bonds. The number of carbonyl (C=O) groups excluding carboxylic acids is 2. The van der Waals surface area contributed by atoms with Gasteiger partial charge in [-0.1, -0.05) is 6.07 Å². The van der Waals surface area contributed by atoms with Gasteiger partial charge in [-0.05, 0) is 37.8 Å². The first kappa shape index (κ1) is 19.8. The summed E-state index contributed by atoms with van der Waals surface area (Å²) in [6.07, 6.45) is 5.78. The van der Waals surface area contributed by atoms with Crippen LogP contribution in [-0.2, 0) is 26.2 Å². The molecule has 2 aliphatic rings. The smallest absolute Gasteiger partial charge is 0.248 e. The monoisotopic (exact) mass is 394 g/mol. The maximum Gasteiger partial charge on any atom is 0.248 e. The zero-order chi connectivity index (χ0) is 19.5. The number of aromatic nitrogens is 1. The average molecular weight is 394 g/mol. The zero-order valence-electron chi connectivity index (χ0n) is 15.6. The standard InChI is InChI=1S/C18H26N4O4S/c1-27(25,26)20-11-7-16(23)22-13-5-9-18(22)8-4-12-21(17(18)24)14-15-6-2-3-10-19-15/h2-3,6,10,20H,4-5,7-9,11-14H2,1H3. The van der Waals surface area contributed by atoms with Crippen molar-refractivity contribution >= 4 is 21.8 Å². The summed E-state index contributed by atoms with van der Waals surface area (Å²) in [5.41, 5.74) is 0.0472. The highest BCUT2D eigenvalue weighted by molar-refractivity contribution is 7.88. The Morgan fingerprint density at radius 3 is 2.67 bits per heavy atom. The molecule has 8 nitrogen and oxygen atoms in total. The molecular formula is C18H26N4O4S. The zero-order valence-corrected chi connectivity index (χ0v) is 16.4. The van der Waals surface area contributed by atoms with E-state index in [1.54, 1.807) is 16.0 Å². The fraction of sp³-hybridized carbons (Fsp3) is 0.611. The molecule has 1 spiro atoms. The van der Waals surface area contributed by atoms with E-state index in [0.717, 1.165) is 24.8 Å². The lowest BCUT2D eigenvalue weighted by atomic mass is 9.85. The lowest BCUT2D eigenvalue weighted by Crippen LogP contribution is -2.61. The number of nitrogens with one attached hydrogen (secondary N) is 1. The summed E-state index contributed by atoms with van der Waals surface area (Å²) in [6, 6.07) is 5.63. The molecule has 1 aromatic rings. The van der Waals surface area contributed by atoms with E-state index in [1.165, 1.54) is 0 Å². The Labute approximate surface area is 160 Å². The first-order valence-electron chi connectivity index (χ1n) is 9.26. The molecule has 27 heavy (non-hydrogen) atoms. The van der Waals surface area contributed by atoms with Crippen LogP contribution in [-0.4, -0.2) is 66.4 Å². The topological polar surface area (TPSA) is 99.7 Å². The summed E-state index contributed by atoms with van der Waals surface area (Å²) >= 11 is 0. The predicted octanol–water partition coefficient (Wildman–Crippen LogP) is 0.505. The van der Waals surface area contributed by atoms with Crippen LogP contribution in [0.2, 0.25) is 0 Å². The molecule has 3 heterocycles. The van der Waals surface area contributed by atoms with Crippen molar-refractivity contribution in [2.24, 2.45) is 0 Å². The van der Waals surface area contributed by atoms with Crippen LogP contribution in [0.5, 0.6) is 0 Å². The van der Waals surface area contributed by atoms with Gasteiger partial charge < -0.3 is 9.80 Å². The Bertz CT molecular complexity index is 799. The largest absolute Gasteiger partial charge is 0.335 e. The van der Waals surface area contributed by atoms with Crippen LogP contribution >= 0.6 is 0 Å². The number of sulfonamides is 1. The number of hydrogen-bond donors (Lipinski definition) is 1. The number of nitrogens with zero attached hydrogens (tertiary/aromatic N) is 3. The van der Waals surface area contributed by atoms with E-state index < -0.39 is 15.6 Å². The molecule has 148 valence electrons. The summed E-state index contributed by atoms with van der Waals surface area (Å²) in [6.45, 7) is 1.70. The molecular weight excluding hydrogens is 368 g/mol. The van der Waals surface area contributed by atoms with E-state index in [9.17, 15) is 18.0 Å². The van der Waals surface area contributed by atoms with Crippen LogP contribution in [0.3, 0.4) is 0 Å². The minimum Gasteiger partial charge on any atom is -0.335 e. The fourth-order valence-corrected chi connectivity index (χ4v) is 4.58. The number of carbonyl (C=O) groups is 2. The molecule has 0 saturated carbocycles. The van der Waals surface area contributed by atoms with E-state index in [0.29, 0.717) is 32.5 Å². The van der Waals surface area contributed by atoms with Crippen molar-refractivity contribution in [3.8, 4) is 0 Å². The average Bonchev–Trinajstić information content (AvgIpc) is 3.03. The van der Waals surface area contributed by atoms with Crippen LogP contribution in [0, 0.1) is 0 Å². The van der Waals surface area contributed by atoms with Gasteiger partial charge in [0, 0.05) is 32.3 Å². The van der Waals surface area contributed by atoms with Gasteiger partial charge in [0.15, 0.2) is 0 Å². The van der Waals surface area contributed by atoms with Crippen molar-refractivity contribution < 1.29 is 18.0 Å². The SMILES string of the molecule is CS(=O)(=O)NCCC(=O)N1CCCC12CCCN(Cc1ccccn1)C2=O. The van der Waals surface area contributed by atoms with Crippen molar-refractivity contribution in [3.05, 3.63) is 30.1 Å². The highest BCUT2D eigenvalue weighted by Crippen LogP contribution is 2.39. The van der Waals surface area contributed by atoms with Crippen LogP contribution in [0.1, 0.15) is 37.8 Å². The highest BCUT2D eigenvalue weighted by atomic mass is 32.2.